The predicted octanol–water partition coefficient (Wildman–Crippen LogP) is 3.45. The van der Waals surface area contributed by atoms with Crippen LogP contribution in [-0.4, -0.2) is 21.2 Å². The number of hydrogen-bond donors (Lipinski definition) is 2. The normalized spacial score (nSPS) is 11.8. The van der Waals surface area contributed by atoms with Crippen molar-refractivity contribution in [3.63, 3.8) is 0 Å². The minimum absolute atomic E-state index is 0.0562. The van der Waals surface area contributed by atoms with E-state index in [9.17, 15) is 8.42 Å². The van der Waals surface area contributed by atoms with Gasteiger partial charge in [0.1, 0.15) is 0 Å². The predicted molar refractivity (Wildman–Crippen MR) is 87.0 cm³/mol. The number of nitriles is 1. The van der Waals surface area contributed by atoms with Crippen LogP contribution < -0.4 is 10.0 Å². The van der Waals surface area contributed by atoms with Crippen molar-refractivity contribution in [1.29, 1.82) is 5.26 Å². The molecule has 0 aliphatic carbocycles. The molecule has 0 heterocycles. The van der Waals surface area contributed by atoms with Crippen molar-refractivity contribution in [2.24, 2.45) is 5.41 Å². The molecule has 0 bridgehead atoms. The zero-order valence-electron chi connectivity index (χ0n) is 12.4. The molecule has 0 aromatic heterocycles. The first-order valence-electron chi connectivity index (χ1n) is 6.51. The topological polar surface area (TPSA) is 82.0 Å². The first-order chi connectivity index (χ1) is 9.63. The molecule has 0 amide bonds. The first kappa shape index (κ1) is 17.6. The standard InChI is InChI=1S/C14H20ClN3O2S/c1-14(2,7-4-8-16)10-17-13-9-11(5-6-12(13)15)18-21(3,19)20/h5-6,9,17-18H,4,7,10H2,1-3H3. The van der Waals surface area contributed by atoms with Crippen LogP contribution in [-0.2, 0) is 10.0 Å². The fraction of sp³-hybridized carbons (Fsp3) is 0.500. The molecule has 0 aliphatic rings. The van der Waals surface area contributed by atoms with E-state index in [1.165, 1.54) is 0 Å². The van der Waals surface area contributed by atoms with Crippen molar-refractivity contribution in [3.8, 4) is 6.07 Å². The van der Waals surface area contributed by atoms with Crippen LogP contribution in [0.3, 0.4) is 0 Å². The van der Waals surface area contributed by atoms with E-state index in [0.717, 1.165) is 12.7 Å². The zero-order valence-corrected chi connectivity index (χ0v) is 14.0. The van der Waals surface area contributed by atoms with E-state index in [4.69, 9.17) is 16.9 Å². The third-order valence-electron chi connectivity index (χ3n) is 2.94. The van der Waals surface area contributed by atoms with E-state index < -0.39 is 10.0 Å². The number of halogens is 1. The second-order valence-corrected chi connectivity index (χ2v) is 7.90. The van der Waals surface area contributed by atoms with E-state index in [2.05, 4.69) is 30.0 Å². The number of sulfonamides is 1. The van der Waals surface area contributed by atoms with Crippen LogP contribution in [0.1, 0.15) is 26.7 Å². The van der Waals surface area contributed by atoms with E-state index >= 15 is 0 Å². The minimum atomic E-state index is -3.32. The van der Waals surface area contributed by atoms with Crippen molar-refractivity contribution in [2.45, 2.75) is 26.7 Å². The number of nitrogens with one attached hydrogen (secondary N) is 2. The van der Waals surface area contributed by atoms with Crippen LogP contribution in [0.2, 0.25) is 5.02 Å². The second kappa shape index (κ2) is 7.01. The summed E-state index contributed by atoms with van der Waals surface area (Å²) < 4.78 is 24.9. The maximum absolute atomic E-state index is 11.2. The van der Waals surface area contributed by atoms with Crippen LogP contribution in [0.5, 0.6) is 0 Å². The minimum Gasteiger partial charge on any atom is -0.383 e. The van der Waals surface area contributed by atoms with Gasteiger partial charge in [-0.1, -0.05) is 25.4 Å². The van der Waals surface area contributed by atoms with E-state index in [-0.39, 0.29) is 5.41 Å². The monoisotopic (exact) mass is 329 g/mol. The molecule has 0 saturated carbocycles. The molecule has 21 heavy (non-hydrogen) atoms. The summed E-state index contributed by atoms with van der Waals surface area (Å²) in [6.45, 7) is 4.75. The average molecular weight is 330 g/mol. The largest absolute Gasteiger partial charge is 0.383 e. The molecule has 1 aromatic rings. The van der Waals surface area contributed by atoms with Crippen LogP contribution in [0, 0.1) is 16.7 Å². The smallest absolute Gasteiger partial charge is 0.229 e. The zero-order chi connectivity index (χ0) is 16.1. The molecule has 0 aliphatic heterocycles. The summed E-state index contributed by atoms with van der Waals surface area (Å²) in [5.74, 6) is 0. The van der Waals surface area contributed by atoms with Gasteiger partial charge < -0.3 is 5.32 Å². The van der Waals surface area contributed by atoms with Gasteiger partial charge in [-0.05, 0) is 30.0 Å². The highest BCUT2D eigenvalue weighted by atomic mass is 35.5. The number of rotatable bonds is 7. The summed E-state index contributed by atoms with van der Waals surface area (Å²) in [7, 11) is -3.32. The molecule has 116 valence electrons. The van der Waals surface area contributed by atoms with Crippen molar-refractivity contribution >= 4 is 33.0 Å². The Balaban J connectivity index is 2.79. The highest BCUT2D eigenvalue weighted by Gasteiger charge is 2.17. The molecule has 0 spiro atoms. The second-order valence-electron chi connectivity index (χ2n) is 5.74. The number of nitrogens with zero attached hydrogens (tertiary/aromatic N) is 1. The van der Waals surface area contributed by atoms with Gasteiger partial charge >= 0.3 is 0 Å². The van der Waals surface area contributed by atoms with Crippen molar-refractivity contribution in [3.05, 3.63) is 23.2 Å². The summed E-state index contributed by atoms with van der Waals surface area (Å²) in [6.07, 6.45) is 2.37. The van der Waals surface area contributed by atoms with E-state index in [1.54, 1.807) is 18.2 Å². The third kappa shape index (κ3) is 6.69. The van der Waals surface area contributed by atoms with Gasteiger partial charge in [-0.3, -0.25) is 4.72 Å². The Hall–Kier alpha value is -1.45. The summed E-state index contributed by atoms with van der Waals surface area (Å²) >= 11 is 6.11. The molecule has 0 unspecified atom stereocenters. The van der Waals surface area contributed by atoms with Crippen molar-refractivity contribution < 1.29 is 8.42 Å². The summed E-state index contributed by atoms with van der Waals surface area (Å²) in [5, 5.41) is 12.4. The van der Waals surface area contributed by atoms with Crippen molar-refractivity contribution in [2.75, 3.05) is 22.8 Å². The van der Waals surface area contributed by atoms with Crippen LogP contribution in [0.4, 0.5) is 11.4 Å². The lowest BCUT2D eigenvalue weighted by Crippen LogP contribution is -2.23. The number of hydrogen-bond acceptors (Lipinski definition) is 4. The number of benzene rings is 1. The van der Waals surface area contributed by atoms with Crippen molar-refractivity contribution in [1.82, 2.24) is 0 Å². The fourth-order valence-electron chi connectivity index (χ4n) is 1.76. The van der Waals surface area contributed by atoms with Gasteiger partial charge in [0.2, 0.25) is 10.0 Å². The van der Waals surface area contributed by atoms with Gasteiger partial charge in [0, 0.05) is 13.0 Å². The Labute approximate surface area is 131 Å². The number of anilines is 2. The van der Waals surface area contributed by atoms with Gasteiger partial charge in [0.25, 0.3) is 0 Å². The molecule has 1 rings (SSSR count). The molecule has 5 nitrogen and oxygen atoms in total. The van der Waals surface area contributed by atoms with Gasteiger partial charge in [-0.25, -0.2) is 8.42 Å². The molecular formula is C14H20ClN3O2S. The Morgan fingerprint density at radius 2 is 2.05 bits per heavy atom. The Kier molecular flexibility index (Phi) is 5.87. The fourth-order valence-corrected chi connectivity index (χ4v) is 2.49. The molecule has 0 radical (unpaired) electrons. The molecule has 1 aromatic carbocycles. The molecule has 7 heteroatoms. The Morgan fingerprint density at radius 3 is 2.62 bits per heavy atom. The van der Waals surface area contributed by atoms with Crippen LogP contribution in [0.15, 0.2) is 18.2 Å². The maximum Gasteiger partial charge on any atom is 0.229 e. The molecule has 0 fully saturated rings. The quantitative estimate of drug-likeness (QED) is 0.802. The van der Waals surface area contributed by atoms with Gasteiger partial charge in [0.15, 0.2) is 0 Å². The third-order valence-corrected chi connectivity index (χ3v) is 3.88. The maximum atomic E-state index is 11.2. The first-order valence-corrected chi connectivity index (χ1v) is 8.78. The van der Waals surface area contributed by atoms with E-state index in [0.29, 0.717) is 29.4 Å². The van der Waals surface area contributed by atoms with Crippen LogP contribution >= 0.6 is 11.6 Å². The lowest BCUT2D eigenvalue weighted by atomic mass is 9.88. The van der Waals surface area contributed by atoms with E-state index in [1.807, 2.05) is 0 Å². The SMILES string of the molecule is CC(C)(CCC#N)CNc1cc(NS(C)(=O)=O)ccc1Cl. The Morgan fingerprint density at radius 1 is 1.38 bits per heavy atom. The van der Waals surface area contributed by atoms with Crippen LogP contribution in [0.25, 0.3) is 0 Å². The Bertz CT molecular complexity index is 636. The molecule has 0 atom stereocenters. The summed E-state index contributed by atoms with van der Waals surface area (Å²) in [5.41, 5.74) is 1.06. The van der Waals surface area contributed by atoms with Gasteiger partial charge in [-0.15, -0.1) is 0 Å². The molecular weight excluding hydrogens is 310 g/mol. The van der Waals surface area contributed by atoms with Gasteiger partial charge in [-0.2, -0.15) is 5.26 Å². The van der Waals surface area contributed by atoms with Gasteiger partial charge in [0.05, 0.1) is 28.7 Å². The highest BCUT2D eigenvalue weighted by Crippen LogP contribution is 2.29. The lowest BCUT2D eigenvalue weighted by molar-refractivity contribution is 0.364. The highest BCUT2D eigenvalue weighted by molar-refractivity contribution is 7.92. The molecule has 2 N–H and O–H groups in total. The average Bonchev–Trinajstić information content (AvgIpc) is 2.35. The lowest BCUT2D eigenvalue weighted by Gasteiger charge is -2.25. The summed E-state index contributed by atoms with van der Waals surface area (Å²) in [6, 6.07) is 7.04. The molecule has 0 saturated heterocycles. The summed E-state index contributed by atoms with van der Waals surface area (Å²) in [4.78, 5) is 0.